The van der Waals surface area contributed by atoms with Crippen molar-refractivity contribution in [2.24, 2.45) is 0 Å². The first-order valence-electron chi connectivity index (χ1n) is 3.40. The summed E-state index contributed by atoms with van der Waals surface area (Å²) >= 11 is 0. The summed E-state index contributed by atoms with van der Waals surface area (Å²) in [6, 6.07) is 0. The Morgan fingerprint density at radius 1 is 1.75 bits per heavy atom. The fourth-order valence-corrected chi connectivity index (χ4v) is 0.652. The van der Waals surface area contributed by atoms with Gasteiger partial charge in [0.2, 0.25) is 0 Å². The summed E-state index contributed by atoms with van der Waals surface area (Å²) in [5.41, 5.74) is 0. The smallest absolute Gasteiger partial charge is 0.330 e. The zero-order chi connectivity index (χ0) is 8.81. The van der Waals surface area contributed by atoms with Crippen molar-refractivity contribution in [1.29, 1.82) is 0 Å². The first kappa shape index (κ1) is 8.45. The highest BCUT2D eigenvalue weighted by molar-refractivity contribution is 5.81. The monoisotopic (exact) mass is 167 g/mol. The Morgan fingerprint density at radius 2 is 2.58 bits per heavy atom. The highest BCUT2D eigenvalue weighted by Crippen LogP contribution is 1.83. The number of carbonyl (C=O) groups is 1. The number of aromatic nitrogens is 3. The molecule has 0 unspecified atom stereocenters. The van der Waals surface area contributed by atoms with Gasteiger partial charge >= 0.3 is 5.97 Å². The molecule has 1 heterocycles. The van der Waals surface area contributed by atoms with Gasteiger partial charge in [0.1, 0.15) is 12.7 Å². The molecule has 0 aliphatic rings. The van der Waals surface area contributed by atoms with Gasteiger partial charge in [-0.2, -0.15) is 5.10 Å². The lowest BCUT2D eigenvalue weighted by atomic mass is 10.5. The molecule has 5 heteroatoms. The average Bonchev–Trinajstić information content (AvgIpc) is 2.57. The summed E-state index contributed by atoms with van der Waals surface area (Å²) in [5.74, 6) is -0.366. The van der Waals surface area contributed by atoms with Crippen LogP contribution in [0.5, 0.6) is 0 Å². The van der Waals surface area contributed by atoms with E-state index in [1.807, 2.05) is 0 Å². The lowest BCUT2D eigenvalue weighted by Gasteiger charge is -1.91. The van der Waals surface area contributed by atoms with Crippen LogP contribution >= 0.6 is 0 Å². The van der Waals surface area contributed by atoms with E-state index in [-0.39, 0.29) is 5.97 Å². The van der Waals surface area contributed by atoms with E-state index in [9.17, 15) is 4.79 Å². The van der Waals surface area contributed by atoms with Crippen LogP contribution in [0.15, 0.2) is 24.8 Å². The van der Waals surface area contributed by atoms with Crippen molar-refractivity contribution in [2.45, 2.75) is 6.54 Å². The van der Waals surface area contributed by atoms with Crippen LogP contribution in [0.3, 0.4) is 0 Å². The van der Waals surface area contributed by atoms with Crippen LogP contribution in [-0.2, 0) is 16.1 Å². The molecule has 0 radical (unpaired) electrons. The van der Waals surface area contributed by atoms with Gasteiger partial charge in [0.05, 0.1) is 13.7 Å². The average molecular weight is 167 g/mol. The lowest BCUT2D eigenvalue weighted by Crippen LogP contribution is -1.98. The highest BCUT2D eigenvalue weighted by Gasteiger charge is 1.90. The van der Waals surface area contributed by atoms with Crippen molar-refractivity contribution in [2.75, 3.05) is 7.11 Å². The van der Waals surface area contributed by atoms with Crippen molar-refractivity contribution >= 4 is 5.97 Å². The summed E-state index contributed by atoms with van der Waals surface area (Å²) in [6.07, 6.45) is 6.01. The van der Waals surface area contributed by atoms with Crippen LogP contribution in [0.2, 0.25) is 0 Å². The third-order valence-electron chi connectivity index (χ3n) is 1.21. The summed E-state index contributed by atoms with van der Waals surface area (Å²) in [6.45, 7) is 0.523. The molecule has 0 aromatic carbocycles. The van der Waals surface area contributed by atoms with Gasteiger partial charge in [0.25, 0.3) is 0 Å². The fourth-order valence-electron chi connectivity index (χ4n) is 0.652. The van der Waals surface area contributed by atoms with Gasteiger partial charge in [-0.3, -0.25) is 0 Å². The van der Waals surface area contributed by atoms with E-state index in [0.29, 0.717) is 6.54 Å². The minimum atomic E-state index is -0.366. The molecule has 0 spiro atoms. The van der Waals surface area contributed by atoms with Gasteiger partial charge in [-0.05, 0) is 0 Å². The van der Waals surface area contributed by atoms with E-state index in [1.165, 1.54) is 19.5 Å². The van der Waals surface area contributed by atoms with Crippen LogP contribution in [0.25, 0.3) is 0 Å². The van der Waals surface area contributed by atoms with Gasteiger partial charge in [-0.15, -0.1) is 0 Å². The number of carbonyl (C=O) groups excluding carboxylic acids is 1. The van der Waals surface area contributed by atoms with E-state index < -0.39 is 0 Å². The highest BCUT2D eigenvalue weighted by atomic mass is 16.5. The Hall–Kier alpha value is -1.65. The maximum Gasteiger partial charge on any atom is 0.330 e. The molecule has 0 atom stereocenters. The number of hydrogen-bond donors (Lipinski definition) is 0. The molecule has 0 aliphatic carbocycles. The number of hydrogen-bond acceptors (Lipinski definition) is 4. The maximum atomic E-state index is 10.6. The zero-order valence-electron chi connectivity index (χ0n) is 6.67. The number of rotatable bonds is 3. The molecule has 0 bridgehead atoms. The molecule has 1 aromatic rings. The minimum Gasteiger partial charge on any atom is -0.466 e. The van der Waals surface area contributed by atoms with Gasteiger partial charge in [-0.1, -0.05) is 6.08 Å². The van der Waals surface area contributed by atoms with Crippen molar-refractivity contribution in [3.8, 4) is 0 Å². The van der Waals surface area contributed by atoms with Crippen molar-refractivity contribution in [3.63, 3.8) is 0 Å². The number of allylic oxidation sites excluding steroid dienone is 1. The Morgan fingerprint density at radius 3 is 3.17 bits per heavy atom. The predicted octanol–water partition coefficient (Wildman–Crippen LogP) is 0.00730. The molecule has 12 heavy (non-hydrogen) atoms. The quantitative estimate of drug-likeness (QED) is 0.470. The summed E-state index contributed by atoms with van der Waals surface area (Å²) in [7, 11) is 1.34. The van der Waals surface area contributed by atoms with Crippen molar-refractivity contribution < 1.29 is 9.53 Å². The third-order valence-corrected chi connectivity index (χ3v) is 1.21. The van der Waals surface area contributed by atoms with Crippen molar-refractivity contribution in [3.05, 3.63) is 24.8 Å². The molecular weight excluding hydrogens is 158 g/mol. The Bertz CT molecular complexity index is 266. The van der Waals surface area contributed by atoms with Gasteiger partial charge < -0.3 is 4.74 Å². The number of methoxy groups -OCH3 is 1. The lowest BCUT2D eigenvalue weighted by molar-refractivity contribution is -0.134. The van der Waals surface area contributed by atoms with Crippen LogP contribution < -0.4 is 0 Å². The van der Waals surface area contributed by atoms with Crippen LogP contribution in [-0.4, -0.2) is 27.8 Å². The van der Waals surface area contributed by atoms with E-state index in [0.717, 1.165) is 0 Å². The zero-order valence-corrected chi connectivity index (χ0v) is 6.67. The van der Waals surface area contributed by atoms with Crippen LogP contribution in [0.1, 0.15) is 0 Å². The number of esters is 1. The summed E-state index contributed by atoms with van der Waals surface area (Å²) in [5, 5.41) is 3.84. The first-order chi connectivity index (χ1) is 5.83. The van der Waals surface area contributed by atoms with Crippen LogP contribution in [0, 0.1) is 0 Å². The first-order valence-corrected chi connectivity index (χ1v) is 3.40. The largest absolute Gasteiger partial charge is 0.466 e. The Labute approximate surface area is 69.7 Å². The maximum absolute atomic E-state index is 10.6. The van der Waals surface area contributed by atoms with E-state index >= 15 is 0 Å². The van der Waals surface area contributed by atoms with Crippen molar-refractivity contribution in [1.82, 2.24) is 14.8 Å². The minimum absolute atomic E-state index is 0.366. The van der Waals surface area contributed by atoms with Gasteiger partial charge in [0.15, 0.2) is 0 Å². The second-order valence-corrected chi connectivity index (χ2v) is 2.04. The van der Waals surface area contributed by atoms with Crippen LogP contribution in [0.4, 0.5) is 0 Å². The van der Waals surface area contributed by atoms with E-state index in [4.69, 9.17) is 0 Å². The molecule has 64 valence electrons. The molecule has 0 fully saturated rings. The SMILES string of the molecule is COC(=O)C=CCn1cncn1. The molecule has 1 rings (SSSR count). The molecule has 5 nitrogen and oxygen atoms in total. The molecule has 0 aliphatic heterocycles. The second kappa shape index (κ2) is 4.27. The summed E-state index contributed by atoms with van der Waals surface area (Å²) in [4.78, 5) is 14.3. The van der Waals surface area contributed by atoms with Gasteiger partial charge in [0, 0.05) is 6.08 Å². The summed E-state index contributed by atoms with van der Waals surface area (Å²) < 4.78 is 6.00. The standard InChI is InChI=1S/C7H9N3O2/c1-12-7(11)3-2-4-10-6-8-5-9-10/h2-3,5-6H,4H2,1H3. The molecule has 1 aromatic heterocycles. The molecular formula is C7H9N3O2. The number of nitrogens with zero attached hydrogens (tertiary/aromatic N) is 3. The fraction of sp³-hybridized carbons (Fsp3) is 0.286. The molecule has 0 amide bonds. The third kappa shape index (κ3) is 2.53. The normalized spacial score (nSPS) is 10.4. The predicted molar refractivity (Wildman–Crippen MR) is 41.2 cm³/mol. The molecule has 0 saturated carbocycles. The van der Waals surface area contributed by atoms with E-state index in [1.54, 1.807) is 17.1 Å². The Balaban J connectivity index is 2.35. The molecule has 0 N–H and O–H groups in total. The second-order valence-electron chi connectivity index (χ2n) is 2.04. The topological polar surface area (TPSA) is 57.0 Å². The van der Waals surface area contributed by atoms with E-state index in [2.05, 4.69) is 14.8 Å². The Kier molecular flexibility index (Phi) is 3.01. The number of ether oxygens (including phenoxy) is 1. The van der Waals surface area contributed by atoms with Gasteiger partial charge in [-0.25, -0.2) is 14.5 Å². The molecule has 0 saturated heterocycles.